The van der Waals surface area contributed by atoms with Gasteiger partial charge in [0.1, 0.15) is 5.75 Å². The highest BCUT2D eigenvalue weighted by atomic mass is 35.5. The second-order valence-corrected chi connectivity index (χ2v) is 6.67. The van der Waals surface area contributed by atoms with E-state index >= 15 is 0 Å². The summed E-state index contributed by atoms with van der Waals surface area (Å²) in [7, 11) is 0. The van der Waals surface area contributed by atoms with Crippen molar-refractivity contribution in [2.24, 2.45) is 0 Å². The summed E-state index contributed by atoms with van der Waals surface area (Å²) in [6.07, 6.45) is 3.68. The Kier molecular flexibility index (Phi) is 8.26. The van der Waals surface area contributed by atoms with E-state index in [1.54, 1.807) is 0 Å². The number of hydrogen-bond acceptors (Lipinski definition) is 3. The highest BCUT2D eigenvalue weighted by Gasteiger charge is 2.06. The van der Waals surface area contributed by atoms with Crippen molar-refractivity contribution < 1.29 is 14.9 Å². The monoisotopic (exact) mass is 362 g/mol. The van der Waals surface area contributed by atoms with Crippen LogP contribution in [0.25, 0.3) is 0 Å². The number of rotatable bonds is 10. The van der Waals surface area contributed by atoms with E-state index in [0.717, 1.165) is 42.0 Å². The standard InChI is InChI=1S/C21H27ClO3/c1-2-25-20-10-7-17(8-11-20)14-18-13-16(9-12-21(18)22)5-3-4-6-19(24)15-23/h7-13,19,23-24H,2-6,14-15H2,1H3/t19-/m0/s1. The third-order valence-corrected chi connectivity index (χ3v) is 4.57. The fraction of sp³-hybridized carbons (Fsp3) is 0.429. The summed E-state index contributed by atoms with van der Waals surface area (Å²) in [6.45, 7) is 2.49. The number of aliphatic hydroxyl groups is 2. The first-order chi connectivity index (χ1) is 12.1. The molecule has 3 nitrogen and oxygen atoms in total. The molecule has 0 aliphatic heterocycles. The van der Waals surface area contributed by atoms with Gasteiger partial charge in [0.25, 0.3) is 0 Å². The smallest absolute Gasteiger partial charge is 0.119 e. The Balaban J connectivity index is 1.94. The number of aryl methyl sites for hydroxylation is 1. The average molecular weight is 363 g/mol. The Labute approximate surface area is 155 Å². The highest BCUT2D eigenvalue weighted by molar-refractivity contribution is 6.31. The Morgan fingerprint density at radius 3 is 2.44 bits per heavy atom. The summed E-state index contributed by atoms with van der Waals surface area (Å²) in [6, 6.07) is 14.3. The molecular weight excluding hydrogens is 336 g/mol. The van der Waals surface area contributed by atoms with Crippen molar-refractivity contribution >= 4 is 11.6 Å². The average Bonchev–Trinajstić information content (AvgIpc) is 2.63. The van der Waals surface area contributed by atoms with Gasteiger partial charge in [0.05, 0.1) is 19.3 Å². The van der Waals surface area contributed by atoms with Crippen molar-refractivity contribution in [3.8, 4) is 5.75 Å². The van der Waals surface area contributed by atoms with Crippen LogP contribution < -0.4 is 4.74 Å². The fourth-order valence-electron chi connectivity index (χ4n) is 2.81. The lowest BCUT2D eigenvalue weighted by Gasteiger charge is -2.10. The maximum atomic E-state index is 9.38. The third-order valence-electron chi connectivity index (χ3n) is 4.20. The molecule has 2 N–H and O–H groups in total. The van der Waals surface area contributed by atoms with Crippen LogP contribution in [0.15, 0.2) is 42.5 Å². The fourth-order valence-corrected chi connectivity index (χ4v) is 2.99. The van der Waals surface area contributed by atoms with Crippen molar-refractivity contribution in [1.29, 1.82) is 0 Å². The molecule has 0 unspecified atom stereocenters. The van der Waals surface area contributed by atoms with Gasteiger partial charge < -0.3 is 14.9 Å². The minimum absolute atomic E-state index is 0.160. The summed E-state index contributed by atoms with van der Waals surface area (Å²) >= 11 is 6.36. The molecule has 136 valence electrons. The van der Waals surface area contributed by atoms with Gasteiger partial charge in [-0.25, -0.2) is 0 Å². The first kappa shape index (κ1) is 19.8. The molecule has 25 heavy (non-hydrogen) atoms. The molecule has 0 heterocycles. The second-order valence-electron chi connectivity index (χ2n) is 6.26. The number of ether oxygens (including phenoxy) is 1. The molecule has 0 bridgehead atoms. The highest BCUT2D eigenvalue weighted by Crippen LogP contribution is 2.23. The number of halogens is 1. The summed E-state index contributed by atoms with van der Waals surface area (Å²) in [4.78, 5) is 0. The van der Waals surface area contributed by atoms with Crippen LogP contribution in [0.4, 0.5) is 0 Å². The van der Waals surface area contributed by atoms with Crippen LogP contribution in [0.5, 0.6) is 5.75 Å². The van der Waals surface area contributed by atoms with E-state index in [2.05, 4.69) is 24.3 Å². The summed E-state index contributed by atoms with van der Waals surface area (Å²) in [5.74, 6) is 0.885. The van der Waals surface area contributed by atoms with Crippen molar-refractivity contribution in [1.82, 2.24) is 0 Å². The number of hydrogen-bond donors (Lipinski definition) is 2. The summed E-state index contributed by atoms with van der Waals surface area (Å²) in [5, 5.41) is 19.0. The quantitative estimate of drug-likeness (QED) is 0.616. The molecule has 0 spiro atoms. The first-order valence-electron chi connectivity index (χ1n) is 8.90. The van der Waals surface area contributed by atoms with E-state index in [-0.39, 0.29) is 6.61 Å². The predicted octanol–water partition coefficient (Wildman–Crippen LogP) is 4.40. The van der Waals surface area contributed by atoms with E-state index < -0.39 is 6.10 Å². The molecule has 0 aliphatic carbocycles. The van der Waals surface area contributed by atoms with Gasteiger partial charge in [-0.15, -0.1) is 0 Å². The van der Waals surface area contributed by atoms with Crippen LogP contribution in [0.2, 0.25) is 5.02 Å². The van der Waals surface area contributed by atoms with Crippen molar-refractivity contribution in [2.75, 3.05) is 13.2 Å². The SMILES string of the molecule is CCOc1ccc(Cc2cc(CCCC[C@H](O)CO)ccc2Cl)cc1. The van der Waals surface area contributed by atoms with Crippen molar-refractivity contribution in [2.45, 2.75) is 45.1 Å². The van der Waals surface area contributed by atoms with E-state index in [1.807, 2.05) is 25.1 Å². The number of benzene rings is 2. The van der Waals surface area contributed by atoms with Gasteiger partial charge in [0.15, 0.2) is 0 Å². The van der Waals surface area contributed by atoms with E-state index in [0.29, 0.717) is 13.0 Å². The molecule has 2 aromatic carbocycles. The lowest BCUT2D eigenvalue weighted by molar-refractivity contribution is 0.0862. The lowest BCUT2D eigenvalue weighted by Crippen LogP contribution is -2.11. The predicted molar refractivity (Wildman–Crippen MR) is 103 cm³/mol. The molecule has 0 saturated heterocycles. The summed E-state index contributed by atoms with van der Waals surface area (Å²) < 4.78 is 5.47. The van der Waals surface area contributed by atoms with Gasteiger partial charge in [-0.3, -0.25) is 0 Å². The van der Waals surface area contributed by atoms with Gasteiger partial charge in [-0.1, -0.05) is 42.3 Å². The van der Waals surface area contributed by atoms with E-state index in [9.17, 15) is 5.11 Å². The molecule has 0 aliphatic rings. The first-order valence-corrected chi connectivity index (χ1v) is 9.28. The van der Waals surface area contributed by atoms with Gasteiger partial charge in [0, 0.05) is 5.02 Å². The van der Waals surface area contributed by atoms with Crippen molar-refractivity contribution in [3.05, 3.63) is 64.2 Å². The van der Waals surface area contributed by atoms with Crippen LogP contribution in [0, 0.1) is 0 Å². The maximum Gasteiger partial charge on any atom is 0.119 e. The van der Waals surface area contributed by atoms with Crippen LogP contribution >= 0.6 is 11.6 Å². The topological polar surface area (TPSA) is 49.7 Å². The van der Waals surface area contributed by atoms with Gasteiger partial charge in [-0.05, 0) is 67.5 Å². The summed E-state index contributed by atoms with van der Waals surface area (Å²) in [5.41, 5.74) is 3.58. The maximum absolute atomic E-state index is 9.38. The van der Waals surface area contributed by atoms with Crippen LogP contribution in [0.1, 0.15) is 42.9 Å². The molecule has 0 saturated carbocycles. The molecule has 1 atom stereocenters. The molecule has 0 radical (unpaired) electrons. The Morgan fingerprint density at radius 2 is 1.76 bits per heavy atom. The largest absolute Gasteiger partial charge is 0.494 e. The van der Waals surface area contributed by atoms with Crippen molar-refractivity contribution in [3.63, 3.8) is 0 Å². The molecule has 2 aromatic rings. The van der Waals surface area contributed by atoms with Gasteiger partial charge in [0.2, 0.25) is 0 Å². The zero-order valence-corrected chi connectivity index (χ0v) is 15.5. The normalized spacial score (nSPS) is 12.2. The molecular formula is C21H27ClO3. The zero-order chi connectivity index (χ0) is 18.1. The van der Waals surface area contributed by atoms with Gasteiger partial charge in [-0.2, -0.15) is 0 Å². The molecule has 0 fully saturated rings. The molecule has 2 rings (SSSR count). The number of aliphatic hydroxyl groups excluding tert-OH is 2. The second kappa shape index (κ2) is 10.4. The lowest BCUT2D eigenvalue weighted by atomic mass is 9.99. The van der Waals surface area contributed by atoms with E-state index in [4.69, 9.17) is 21.4 Å². The minimum atomic E-state index is -0.597. The Morgan fingerprint density at radius 1 is 1.04 bits per heavy atom. The molecule has 0 amide bonds. The Bertz CT molecular complexity index is 640. The zero-order valence-electron chi connectivity index (χ0n) is 14.7. The Hall–Kier alpha value is -1.55. The third kappa shape index (κ3) is 6.69. The van der Waals surface area contributed by atoms with Crippen LogP contribution in [0.3, 0.4) is 0 Å². The van der Waals surface area contributed by atoms with Crippen LogP contribution in [-0.2, 0) is 12.8 Å². The molecule has 4 heteroatoms. The molecule has 0 aromatic heterocycles. The van der Waals surface area contributed by atoms with Gasteiger partial charge >= 0.3 is 0 Å². The number of unbranched alkanes of at least 4 members (excludes halogenated alkanes) is 1. The van der Waals surface area contributed by atoms with Crippen LogP contribution in [-0.4, -0.2) is 29.5 Å². The van der Waals surface area contributed by atoms with E-state index in [1.165, 1.54) is 11.1 Å². The minimum Gasteiger partial charge on any atom is -0.494 e.